The van der Waals surface area contributed by atoms with Crippen molar-refractivity contribution >= 4 is 45.8 Å². The molecule has 2 aromatic rings. The van der Waals surface area contributed by atoms with Gasteiger partial charge in [-0.05, 0) is 53.9 Å². The van der Waals surface area contributed by atoms with E-state index >= 15 is 0 Å². The van der Waals surface area contributed by atoms with Gasteiger partial charge in [-0.3, -0.25) is 0 Å². The van der Waals surface area contributed by atoms with Crippen LogP contribution < -0.4 is 5.32 Å². The minimum Gasteiger partial charge on any atom is -0.364 e. The normalized spacial score (nSPS) is 22.9. The van der Waals surface area contributed by atoms with Crippen molar-refractivity contribution in [2.75, 3.05) is 25.5 Å². The lowest BCUT2D eigenvalue weighted by Crippen LogP contribution is -2.46. The molecule has 132 valence electrons. The molecule has 1 N–H and O–H groups in total. The monoisotopic (exact) mass is 475 g/mol. The first-order chi connectivity index (χ1) is 11.2. The molecule has 3 rings (SSSR count). The summed E-state index contributed by atoms with van der Waals surface area (Å²) in [6.45, 7) is 1.07. The molecule has 2 atom stereocenters. The summed E-state index contributed by atoms with van der Waals surface area (Å²) in [5, 5.41) is 7.19. The summed E-state index contributed by atoms with van der Waals surface area (Å²) in [5.41, 5.74) is -4.32. The van der Waals surface area contributed by atoms with Gasteiger partial charge in [0.25, 0.3) is 0 Å². The van der Waals surface area contributed by atoms with Gasteiger partial charge in [-0.1, -0.05) is 0 Å². The Labute approximate surface area is 153 Å². The van der Waals surface area contributed by atoms with Crippen molar-refractivity contribution in [3.8, 4) is 0 Å². The van der Waals surface area contributed by atoms with E-state index in [-0.39, 0.29) is 26.0 Å². The second-order valence-electron chi connectivity index (χ2n) is 5.55. The molecule has 5 nitrogen and oxygen atoms in total. The number of likely N-dealkylation sites (tertiary alicyclic amines) is 1. The molecule has 0 saturated carbocycles. The second-order valence-corrected chi connectivity index (χ2v) is 7.65. The number of nitrogens with zero attached hydrogens (tertiary/aromatic N) is 4. The first kappa shape index (κ1) is 18.0. The molecule has 0 amide bonds. The van der Waals surface area contributed by atoms with Crippen LogP contribution in [0, 0.1) is 3.70 Å². The quantitative estimate of drug-likeness (QED) is 0.419. The molecule has 0 unspecified atom stereocenters. The molecule has 3 heterocycles. The van der Waals surface area contributed by atoms with Gasteiger partial charge in [0.1, 0.15) is 15.7 Å². The summed E-state index contributed by atoms with van der Waals surface area (Å²) in [5.74, 6) is 0.434. The number of aromatic nitrogens is 3. The van der Waals surface area contributed by atoms with E-state index in [0.29, 0.717) is 18.8 Å². The van der Waals surface area contributed by atoms with Gasteiger partial charge in [-0.2, -0.15) is 22.8 Å². The Hall–Kier alpha value is -0.820. The van der Waals surface area contributed by atoms with Gasteiger partial charge in [0.15, 0.2) is 5.65 Å². The van der Waals surface area contributed by atoms with E-state index in [9.17, 15) is 17.6 Å². The topological polar surface area (TPSA) is 45.5 Å². The fraction of sp³-hybridized carbons (Fsp3) is 0.538. The smallest absolute Gasteiger partial charge is 0.364 e. The maximum absolute atomic E-state index is 14.2. The van der Waals surface area contributed by atoms with E-state index in [1.54, 1.807) is 28.7 Å². The minimum atomic E-state index is -4.42. The highest BCUT2D eigenvalue weighted by atomic mass is 127. The van der Waals surface area contributed by atoms with Crippen molar-refractivity contribution in [1.29, 1.82) is 0 Å². The van der Waals surface area contributed by atoms with Crippen LogP contribution in [0.25, 0.3) is 5.65 Å². The Kier molecular flexibility index (Phi) is 5.12. The molecule has 2 aromatic heterocycles. The van der Waals surface area contributed by atoms with E-state index in [1.807, 2.05) is 11.9 Å². The average Bonchev–Trinajstić information content (AvgIpc) is 2.78. The lowest BCUT2D eigenvalue weighted by molar-refractivity contribution is -0.0328. The van der Waals surface area contributed by atoms with Crippen LogP contribution in [0.2, 0.25) is 0 Å². The molecule has 1 fully saturated rings. The van der Waals surface area contributed by atoms with E-state index in [2.05, 4.69) is 15.4 Å². The summed E-state index contributed by atoms with van der Waals surface area (Å²) < 4.78 is 53.8. The lowest BCUT2D eigenvalue weighted by Gasteiger charge is -2.33. The number of thioether (sulfide) groups is 1. The van der Waals surface area contributed by atoms with E-state index in [1.165, 1.54) is 10.7 Å². The molecule has 11 heteroatoms. The van der Waals surface area contributed by atoms with Gasteiger partial charge in [-0.15, -0.1) is 0 Å². The molecule has 0 bridgehead atoms. The molecule has 1 aliphatic heterocycles. The SMILES string of the molecule is CN1CC[C@@H](Nc2ccnc3c(SC(F)(F)F)c(I)nn23)[C@@H](F)C1. The number of hydrogen-bond donors (Lipinski definition) is 1. The third kappa shape index (κ3) is 3.87. The first-order valence-electron chi connectivity index (χ1n) is 7.13. The van der Waals surface area contributed by atoms with Crippen molar-refractivity contribution < 1.29 is 17.6 Å². The Bertz CT molecular complexity index is 737. The maximum Gasteiger partial charge on any atom is 0.446 e. The van der Waals surface area contributed by atoms with Crippen molar-refractivity contribution in [3.63, 3.8) is 0 Å². The van der Waals surface area contributed by atoms with E-state index in [4.69, 9.17) is 0 Å². The predicted molar refractivity (Wildman–Crippen MR) is 92.0 cm³/mol. The van der Waals surface area contributed by atoms with Gasteiger partial charge in [0.2, 0.25) is 0 Å². The number of alkyl halides is 4. The van der Waals surface area contributed by atoms with Crippen LogP contribution in [-0.4, -0.2) is 57.4 Å². The molecular weight excluding hydrogens is 461 g/mol. The predicted octanol–water partition coefficient (Wildman–Crippen LogP) is 3.40. The molecule has 0 radical (unpaired) electrons. The molecule has 0 aromatic carbocycles. The Morgan fingerprint density at radius 2 is 2.17 bits per heavy atom. The number of piperidine rings is 1. The molecule has 1 saturated heterocycles. The summed E-state index contributed by atoms with van der Waals surface area (Å²) in [6.07, 6.45) is 0.938. The minimum absolute atomic E-state index is 0.0491. The second kappa shape index (κ2) is 6.83. The number of nitrogens with one attached hydrogen (secondary N) is 1. The molecule has 0 spiro atoms. The standard InChI is InChI=1S/C13H14F4IN5S/c1-22-5-3-8(7(14)6-22)20-9-2-4-19-12-10(24-13(15,16)17)11(18)21-23(9)12/h2,4,7-8,20H,3,5-6H2,1H3/t7-,8+/m0/s1. The third-order valence-electron chi connectivity index (χ3n) is 3.73. The zero-order valence-electron chi connectivity index (χ0n) is 12.5. The van der Waals surface area contributed by atoms with Crippen LogP contribution in [0.1, 0.15) is 6.42 Å². The maximum atomic E-state index is 14.2. The van der Waals surface area contributed by atoms with Gasteiger partial charge >= 0.3 is 5.51 Å². The highest BCUT2D eigenvalue weighted by Crippen LogP contribution is 2.41. The van der Waals surface area contributed by atoms with Crippen LogP contribution >= 0.6 is 34.4 Å². The molecule has 24 heavy (non-hydrogen) atoms. The molecule has 0 aliphatic carbocycles. The lowest BCUT2D eigenvalue weighted by atomic mass is 10.0. The largest absolute Gasteiger partial charge is 0.446 e. The third-order valence-corrected chi connectivity index (χ3v) is 5.66. The summed E-state index contributed by atoms with van der Waals surface area (Å²) in [6, 6.07) is 1.18. The first-order valence-corrected chi connectivity index (χ1v) is 9.02. The number of halogens is 5. The number of hydrogen-bond acceptors (Lipinski definition) is 5. The van der Waals surface area contributed by atoms with Crippen LogP contribution in [0.15, 0.2) is 17.2 Å². The van der Waals surface area contributed by atoms with Crippen LogP contribution in [0.5, 0.6) is 0 Å². The van der Waals surface area contributed by atoms with Gasteiger partial charge < -0.3 is 10.2 Å². The van der Waals surface area contributed by atoms with Gasteiger partial charge in [0.05, 0.1) is 10.9 Å². The van der Waals surface area contributed by atoms with Gasteiger partial charge in [0, 0.05) is 19.3 Å². The Morgan fingerprint density at radius 1 is 1.42 bits per heavy atom. The van der Waals surface area contributed by atoms with Crippen LogP contribution in [0.4, 0.5) is 23.4 Å². The Balaban J connectivity index is 1.91. The van der Waals surface area contributed by atoms with Crippen LogP contribution in [-0.2, 0) is 0 Å². The van der Waals surface area contributed by atoms with Crippen molar-refractivity contribution in [2.24, 2.45) is 0 Å². The van der Waals surface area contributed by atoms with Crippen LogP contribution in [0.3, 0.4) is 0 Å². The van der Waals surface area contributed by atoms with Crippen molar-refractivity contribution in [1.82, 2.24) is 19.5 Å². The summed E-state index contributed by atoms with van der Waals surface area (Å²) in [4.78, 5) is 5.86. The zero-order valence-corrected chi connectivity index (χ0v) is 15.5. The fourth-order valence-electron chi connectivity index (χ4n) is 2.62. The Morgan fingerprint density at radius 3 is 2.83 bits per heavy atom. The highest BCUT2D eigenvalue weighted by molar-refractivity contribution is 14.1. The summed E-state index contributed by atoms with van der Waals surface area (Å²) in [7, 11) is 1.85. The van der Waals surface area contributed by atoms with Crippen molar-refractivity contribution in [2.45, 2.75) is 29.0 Å². The number of fused-ring (bicyclic) bond motifs is 1. The summed E-state index contributed by atoms with van der Waals surface area (Å²) >= 11 is 1.50. The van der Waals surface area contributed by atoms with E-state index < -0.39 is 17.7 Å². The zero-order chi connectivity index (χ0) is 17.5. The molecular formula is C13H14F4IN5S. The number of anilines is 1. The van der Waals surface area contributed by atoms with E-state index in [0.717, 1.165) is 6.54 Å². The fourth-order valence-corrected chi connectivity index (χ4v) is 4.00. The highest BCUT2D eigenvalue weighted by Gasteiger charge is 2.34. The molecule has 1 aliphatic rings. The average molecular weight is 475 g/mol. The number of rotatable bonds is 3. The van der Waals surface area contributed by atoms with Crippen molar-refractivity contribution in [3.05, 3.63) is 16.0 Å². The van der Waals surface area contributed by atoms with Gasteiger partial charge in [-0.25, -0.2) is 9.37 Å².